The van der Waals surface area contributed by atoms with Gasteiger partial charge in [-0.05, 0) is 64.2 Å². The van der Waals surface area contributed by atoms with E-state index in [1.807, 2.05) is 108 Å². The summed E-state index contributed by atoms with van der Waals surface area (Å²) < 4.78 is 18.7. The standard InChI is InChI=1S/C44H35NO6/c1-28-34(15-9-17-36(28)29-10-3-2-4-11-29)27-49-35-20-18-33(26-45-25-32-14-6-5-13-31(32)22-39(45)44(47)48)40(23-35)50-41-24-42(46)51-43-37-16-8-7-12-30(37)19-21-38(41)43/h2-21,23-24,39H,22,25-27H2,1H3,(H,47,48). The van der Waals surface area contributed by atoms with Crippen LogP contribution in [0, 0.1) is 6.92 Å². The van der Waals surface area contributed by atoms with E-state index in [4.69, 9.17) is 13.9 Å². The molecule has 0 fully saturated rings. The molecule has 6 aromatic carbocycles. The van der Waals surface area contributed by atoms with Crippen LogP contribution in [0.2, 0.25) is 0 Å². The Morgan fingerprint density at radius 2 is 1.57 bits per heavy atom. The molecule has 1 aliphatic rings. The number of rotatable bonds is 9. The molecule has 0 saturated carbocycles. The highest BCUT2D eigenvalue weighted by molar-refractivity contribution is 6.05. The molecule has 0 saturated heterocycles. The van der Waals surface area contributed by atoms with E-state index in [0.717, 1.165) is 49.7 Å². The van der Waals surface area contributed by atoms with E-state index in [-0.39, 0.29) is 0 Å². The number of ether oxygens (including phenoxy) is 2. The van der Waals surface area contributed by atoms with Crippen molar-refractivity contribution >= 4 is 27.7 Å². The van der Waals surface area contributed by atoms with Gasteiger partial charge in [0.05, 0.1) is 11.5 Å². The first kappa shape index (κ1) is 32.0. The number of carboxylic acids is 1. The lowest BCUT2D eigenvalue weighted by molar-refractivity contribution is -0.144. The monoisotopic (exact) mass is 673 g/mol. The molecule has 2 heterocycles. The quantitative estimate of drug-likeness (QED) is 0.121. The molecule has 1 aromatic heterocycles. The van der Waals surface area contributed by atoms with Crippen molar-refractivity contribution in [1.82, 2.24) is 4.90 Å². The van der Waals surface area contributed by atoms with Crippen LogP contribution < -0.4 is 15.1 Å². The van der Waals surface area contributed by atoms with E-state index < -0.39 is 17.6 Å². The van der Waals surface area contributed by atoms with Crippen molar-refractivity contribution in [2.24, 2.45) is 0 Å². The highest BCUT2D eigenvalue weighted by atomic mass is 16.5. The minimum atomic E-state index is -0.876. The highest BCUT2D eigenvalue weighted by Gasteiger charge is 2.32. The number of fused-ring (bicyclic) bond motifs is 4. The third-order valence-electron chi connectivity index (χ3n) is 9.78. The minimum absolute atomic E-state index is 0.307. The summed E-state index contributed by atoms with van der Waals surface area (Å²) in [5, 5.41) is 12.6. The fourth-order valence-electron chi connectivity index (χ4n) is 7.05. The van der Waals surface area contributed by atoms with E-state index in [9.17, 15) is 14.7 Å². The van der Waals surface area contributed by atoms with Gasteiger partial charge >= 0.3 is 11.6 Å². The Hall–Kier alpha value is -6.18. The van der Waals surface area contributed by atoms with Gasteiger partial charge in [-0.15, -0.1) is 0 Å². The summed E-state index contributed by atoms with van der Waals surface area (Å²) in [6.45, 7) is 3.22. The molecule has 7 nitrogen and oxygen atoms in total. The van der Waals surface area contributed by atoms with E-state index in [1.165, 1.54) is 6.07 Å². The van der Waals surface area contributed by atoms with Gasteiger partial charge in [0.1, 0.15) is 35.5 Å². The van der Waals surface area contributed by atoms with Crippen molar-refractivity contribution in [1.29, 1.82) is 0 Å². The summed E-state index contributed by atoms with van der Waals surface area (Å²) in [4.78, 5) is 27.4. The Balaban J connectivity index is 1.16. The van der Waals surface area contributed by atoms with Gasteiger partial charge in [-0.3, -0.25) is 9.69 Å². The van der Waals surface area contributed by atoms with Gasteiger partial charge in [0.25, 0.3) is 0 Å². The molecule has 1 aliphatic heterocycles. The van der Waals surface area contributed by atoms with Gasteiger partial charge in [-0.25, -0.2) is 4.79 Å². The van der Waals surface area contributed by atoms with Crippen molar-refractivity contribution in [3.05, 3.63) is 172 Å². The third-order valence-corrected chi connectivity index (χ3v) is 9.78. The molecular weight excluding hydrogens is 638 g/mol. The molecule has 1 N–H and O–H groups in total. The van der Waals surface area contributed by atoms with Crippen LogP contribution in [-0.2, 0) is 30.9 Å². The third kappa shape index (κ3) is 6.47. The first-order valence-corrected chi connectivity index (χ1v) is 17.0. The van der Waals surface area contributed by atoms with Gasteiger partial charge in [-0.2, -0.15) is 0 Å². The predicted octanol–water partition coefficient (Wildman–Crippen LogP) is 9.30. The average molecular weight is 674 g/mol. The Bertz CT molecular complexity index is 2470. The second-order valence-corrected chi connectivity index (χ2v) is 12.9. The molecular formula is C44H35NO6. The normalized spacial score (nSPS) is 14.3. The smallest absolute Gasteiger partial charge is 0.339 e. The molecule has 0 bridgehead atoms. The van der Waals surface area contributed by atoms with Crippen molar-refractivity contribution in [3.8, 4) is 28.4 Å². The van der Waals surface area contributed by atoms with Crippen LogP contribution in [0.1, 0.15) is 27.8 Å². The van der Waals surface area contributed by atoms with Crippen LogP contribution in [0.25, 0.3) is 32.9 Å². The lowest BCUT2D eigenvalue weighted by Gasteiger charge is -2.34. The molecule has 0 amide bonds. The number of aliphatic carboxylic acids is 1. The maximum Gasteiger partial charge on any atom is 0.339 e. The van der Waals surface area contributed by atoms with Crippen molar-refractivity contribution in [2.75, 3.05) is 0 Å². The predicted molar refractivity (Wildman–Crippen MR) is 198 cm³/mol. The Kier molecular flexibility index (Phi) is 8.56. The zero-order chi connectivity index (χ0) is 34.9. The average Bonchev–Trinajstić information content (AvgIpc) is 3.15. The number of nitrogens with zero attached hydrogens (tertiary/aromatic N) is 1. The lowest BCUT2D eigenvalue weighted by Crippen LogP contribution is -2.45. The molecule has 7 heteroatoms. The van der Waals surface area contributed by atoms with E-state index >= 15 is 0 Å². The van der Waals surface area contributed by atoms with Crippen molar-refractivity contribution in [2.45, 2.75) is 39.1 Å². The molecule has 8 rings (SSSR count). The largest absolute Gasteiger partial charge is 0.489 e. The van der Waals surface area contributed by atoms with Crippen molar-refractivity contribution < 1.29 is 23.8 Å². The zero-order valence-corrected chi connectivity index (χ0v) is 28.0. The molecule has 0 aliphatic carbocycles. The van der Waals surface area contributed by atoms with E-state index in [0.29, 0.717) is 54.3 Å². The number of carboxylic acid groups (broad SMARTS) is 1. The second-order valence-electron chi connectivity index (χ2n) is 12.9. The summed E-state index contributed by atoms with van der Waals surface area (Å²) in [7, 11) is 0. The first-order valence-electron chi connectivity index (χ1n) is 17.0. The van der Waals surface area contributed by atoms with Crippen molar-refractivity contribution in [3.63, 3.8) is 0 Å². The van der Waals surface area contributed by atoms with Crippen LogP contribution in [0.15, 0.2) is 143 Å². The van der Waals surface area contributed by atoms with Gasteiger partial charge < -0.3 is 19.0 Å². The van der Waals surface area contributed by atoms with Crippen LogP contribution in [0.4, 0.5) is 0 Å². The molecule has 1 unspecified atom stereocenters. The maximum absolute atomic E-state index is 12.9. The first-order chi connectivity index (χ1) is 24.9. The second kappa shape index (κ2) is 13.6. The fraction of sp³-hybridized carbons (Fsp3) is 0.136. The molecule has 0 radical (unpaired) electrons. The Morgan fingerprint density at radius 1 is 0.784 bits per heavy atom. The summed E-state index contributed by atoms with van der Waals surface area (Å²) in [6, 6.07) is 42.3. The topological polar surface area (TPSA) is 89.2 Å². The number of hydrogen-bond donors (Lipinski definition) is 1. The van der Waals surface area contributed by atoms with Crippen LogP contribution in [0.3, 0.4) is 0 Å². The molecule has 0 spiro atoms. The summed E-state index contributed by atoms with van der Waals surface area (Å²) in [5.74, 6) is 0.509. The fourth-order valence-corrected chi connectivity index (χ4v) is 7.05. The van der Waals surface area contributed by atoms with E-state index in [1.54, 1.807) is 0 Å². The van der Waals surface area contributed by atoms with Gasteiger partial charge in [0.15, 0.2) is 0 Å². The number of carbonyl (C=O) groups is 1. The molecule has 7 aromatic rings. The lowest BCUT2D eigenvalue weighted by atomic mass is 9.93. The summed E-state index contributed by atoms with van der Waals surface area (Å²) in [6.07, 6.45) is 0.404. The Labute approximate surface area is 294 Å². The SMILES string of the molecule is Cc1c(COc2ccc(CN3Cc4ccccc4CC3C(=O)O)c(Oc3cc(=O)oc4c3ccc3ccccc34)c2)cccc1-c1ccccc1. The maximum atomic E-state index is 12.9. The molecule has 252 valence electrons. The molecule has 1 atom stereocenters. The Morgan fingerprint density at radius 3 is 2.41 bits per heavy atom. The molecule has 51 heavy (non-hydrogen) atoms. The minimum Gasteiger partial charge on any atom is -0.489 e. The van der Waals surface area contributed by atoms with Gasteiger partial charge in [0, 0.05) is 30.1 Å². The summed E-state index contributed by atoms with van der Waals surface area (Å²) in [5.41, 5.74) is 7.30. The number of hydrogen-bond acceptors (Lipinski definition) is 6. The van der Waals surface area contributed by atoms with Crippen LogP contribution in [0.5, 0.6) is 17.2 Å². The highest BCUT2D eigenvalue weighted by Crippen LogP contribution is 2.37. The van der Waals surface area contributed by atoms with Crippen LogP contribution in [-0.4, -0.2) is 22.0 Å². The number of benzene rings is 6. The van der Waals surface area contributed by atoms with Crippen LogP contribution >= 0.6 is 0 Å². The summed E-state index contributed by atoms with van der Waals surface area (Å²) >= 11 is 0. The zero-order valence-electron chi connectivity index (χ0n) is 28.0. The van der Waals surface area contributed by atoms with Gasteiger partial charge in [0.2, 0.25) is 0 Å². The van der Waals surface area contributed by atoms with Gasteiger partial charge in [-0.1, -0.05) is 109 Å². The van der Waals surface area contributed by atoms with E-state index in [2.05, 4.69) is 31.2 Å².